The van der Waals surface area contributed by atoms with E-state index in [1.54, 1.807) is 19.2 Å². The third-order valence-electron chi connectivity index (χ3n) is 12.3. The highest BCUT2D eigenvalue weighted by molar-refractivity contribution is 6.02. The molecule has 1 saturated carbocycles. The zero-order chi connectivity index (χ0) is 43.4. The minimum Gasteiger partial charge on any atom is -0.494 e. The number of ether oxygens (including phenoxy) is 2. The second-order valence-electron chi connectivity index (χ2n) is 16.8. The molecular weight excluding hydrogens is 777 g/mol. The van der Waals surface area contributed by atoms with Gasteiger partial charge in [-0.3, -0.25) is 14.7 Å². The number of fused-ring (bicyclic) bond motifs is 2. The number of aryl methyl sites for hydroxylation is 1. The predicted octanol–water partition coefficient (Wildman–Crippen LogP) is 6.91. The van der Waals surface area contributed by atoms with Crippen molar-refractivity contribution in [1.82, 2.24) is 24.8 Å². The quantitative estimate of drug-likeness (QED) is 0.0449. The average Bonchev–Trinajstić information content (AvgIpc) is 3.96. The van der Waals surface area contributed by atoms with Gasteiger partial charge < -0.3 is 45.4 Å². The van der Waals surface area contributed by atoms with Crippen LogP contribution in [0.25, 0.3) is 21.7 Å². The lowest BCUT2D eigenvalue weighted by atomic mass is 9.98. The molecule has 2 fully saturated rings. The van der Waals surface area contributed by atoms with Crippen molar-refractivity contribution in [3.63, 3.8) is 0 Å². The molecule has 1 amide bonds. The lowest BCUT2D eigenvalue weighted by molar-refractivity contribution is -0.131. The van der Waals surface area contributed by atoms with Crippen molar-refractivity contribution in [3.05, 3.63) is 71.0 Å². The maximum Gasteiger partial charge on any atom is 0.222 e. The highest BCUT2D eigenvalue weighted by Gasteiger charge is 2.45. The van der Waals surface area contributed by atoms with Gasteiger partial charge in [0.1, 0.15) is 24.1 Å². The number of anilines is 2. The second-order valence-corrected chi connectivity index (χ2v) is 16.8. The number of unbranched alkanes of at least 4 members (excludes halogenated alkanes) is 3. The number of aromatic nitrogens is 3. The molecule has 7 N–H and O–H groups in total. The van der Waals surface area contributed by atoms with E-state index >= 15 is 0 Å². The van der Waals surface area contributed by atoms with Crippen LogP contribution < -0.4 is 25.4 Å². The molecule has 0 spiro atoms. The van der Waals surface area contributed by atoms with Crippen LogP contribution in [0.15, 0.2) is 48.5 Å². The average molecular weight is 835 g/mol. The molecule has 1 aliphatic carbocycles. The van der Waals surface area contributed by atoms with E-state index in [1.807, 2.05) is 69.1 Å². The number of nitrogens with one attached hydrogen (secondary N) is 3. The number of amides is 1. The number of carbonyl (C=O) groups is 1. The van der Waals surface area contributed by atoms with E-state index in [-0.39, 0.29) is 29.1 Å². The van der Waals surface area contributed by atoms with Gasteiger partial charge in [-0.05, 0) is 94.7 Å². The molecule has 3 heterocycles. The van der Waals surface area contributed by atoms with Crippen LogP contribution in [0.1, 0.15) is 99.3 Å². The van der Waals surface area contributed by atoms with Crippen molar-refractivity contribution < 1.29 is 34.7 Å². The van der Waals surface area contributed by atoms with E-state index in [2.05, 4.69) is 27.0 Å². The Balaban J connectivity index is 0.887. The third kappa shape index (κ3) is 9.41. The molecule has 2 aromatic heterocycles. The van der Waals surface area contributed by atoms with Crippen LogP contribution in [-0.4, -0.2) is 92.1 Å². The van der Waals surface area contributed by atoms with E-state index in [0.717, 1.165) is 60.6 Å². The Morgan fingerprint density at radius 1 is 1.03 bits per heavy atom. The smallest absolute Gasteiger partial charge is 0.222 e. The first kappa shape index (κ1) is 43.3. The summed E-state index contributed by atoms with van der Waals surface area (Å²) in [6.45, 7) is 7.53. The summed E-state index contributed by atoms with van der Waals surface area (Å²) >= 11 is 0. The van der Waals surface area contributed by atoms with E-state index < -0.39 is 18.5 Å². The first-order chi connectivity index (χ1) is 29.3. The molecule has 0 radical (unpaired) electrons. The standard InChI is InChI=1S/C46H58N8O7/c1-27-30(24-47)12-10-13-31(27)28(2)49-42-33-22-38(37(60-5)23-35(33)50-29(3)51-42)61-26-46(19-20-46)25-53(4)40(56)16-8-6-7-9-21-48-34-15-11-14-32-41(34)45(59)54(44(32)58)36-17-18-39(55)52-43(36)57/h10-15,22-23,28,36,39,43,48,52,55,57-59H,6-9,16-21,25-26H2,1-5H3,(H,49,50,51)/t28-,36?,39?,43?/m1/s1. The van der Waals surface area contributed by atoms with E-state index in [4.69, 9.17) is 14.5 Å². The van der Waals surface area contributed by atoms with Crippen LogP contribution in [0.3, 0.4) is 0 Å². The molecule has 15 nitrogen and oxygen atoms in total. The maximum atomic E-state index is 13.2. The predicted molar refractivity (Wildman–Crippen MR) is 234 cm³/mol. The van der Waals surface area contributed by atoms with Crippen LogP contribution in [0.4, 0.5) is 11.5 Å². The first-order valence-corrected chi connectivity index (χ1v) is 21.2. The fourth-order valence-corrected chi connectivity index (χ4v) is 8.62. The molecule has 1 aliphatic heterocycles. The molecule has 1 saturated heterocycles. The molecule has 61 heavy (non-hydrogen) atoms. The summed E-state index contributed by atoms with van der Waals surface area (Å²) in [6, 6.07) is 16.4. The van der Waals surface area contributed by atoms with Gasteiger partial charge in [0.2, 0.25) is 17.7 Å². The van der Waals surface area contributed by atoms with Gasteiger partial charge in [-0.15, -0.1) is 0 Å². The molecule has 0 bridgehead atoms. The van der Waals surface area contributed by atoms with E-state index in [0.29, 0.717) is 84.1 Å². The Kier molecular flexibility index (Phi) is 13.1. The number of nitriles is 1. The van der Waals surface area contributed by atoms with Crippen LogP contribution in [-0.2, 0) is 4.79 Å². The van der Waals surface area contributed by atoms with Gasteiger partial charge in [0.05, 0.1) is 48.3 Å². The Hall–Kier alpha value is -5.82. The number of hydrogen-bond acceptors (Lipinski definition) is 13. The molecule has 3 aromatic carbocycles. The molecule has 324 valence electrons. The van der Waals surface area contributed by atoms with Gasteiger partial charge in [0.15, 0.2) is 11.5 Å². The molecular formula is C46H58N8O7. The fourth-order valence-electron chi connectivity index (χ4n) is 8.62. The summed E-state index contributed by atoms with van der Waals surface area (Å²) in [4.78, 5) is 24.5. The SMILES string of the molecule is COc1cc2nc(C)nc(N[C@H](C)c3cccc(C#N)c3C)c2cc1OCC1(CN(C)C(=O)CCCCCCNc2cccc3c(O)n(C4CCC(O)NC4O)c(O)c23)CC1. The number of benzene rings is 3. The van der Waals surface area contributed by atoms with Crippen molar-refractivity contribution in [2.24, 2.45) is 5.41 Å². The first-order valence-electron chi connectivity index (χ1n) is 21.2. The summed E-state index contributed by atoms with van der Waals surface area (Å²) in [6.07, 6.45) is 4.62. The highest BCUT2D eigenvalue weighted by Crippen LogP contribution is 2.48. The number of aliphatic hydroxyl groups is 2. The number of hydrogen-bond donors (Lipinski definition) is 7. The second kappa shape index (κ2) is 18.4. The van der Waals surface area contributed by atoms with Gasteiger partial charge in [-0.25, -0.2) is 9.97 Å². The summed E-state index contributed by atoms with van der Waals surface area (Å²) < 4.78 is 13.6. The topological polar surface area (TPSA) is 210 Å². The minimum absolute atomic E-state index is 0.111. The Bertz CT molecular complexity index is 2430. The molecule has 2 aliphatic rings. The van der Waals surface area contributed by atoms with E-state index in [1.165, 1.54) is 4.57 Å². The van der Waals surface area contributed by atoms with Crippen molar-refractivity contribution in [3.8, 4) is 29.3 Å². The highest BCUT2D eigenvalue weighted by atomic mass is 16.5. The number of aromatic hydroxyl groups is 2. The van der Waals surface area contributed by atoms with Gasteiger partial charge in [0, 0.05) is 54.5 Å². The minimum atomic E-state index is -1.12. The lowest BCUT2D eigenvalue weighted by Gasteiger charge is -2.33. The summed E-state index contributed by atoms with van der Waals surface area (Å²) in [5.74, 6) is 2.27. The fraction of sp³-hybridized carbons (Fsp3) is 0.478. The zero-order valence-corrected chi connectivity index (χ0v) is 35.7. The third-order valence-corrected chi connectivity index (χ3v) is 12.3. The van der Waals surface area contributed by atoms with Gasteiger partial charge in [-0.2, -0.15) is 5.26 Å². The summed E-state index contributed by atoms with van der Waals surface area (Å²) in [7, 11) is 3.48. The van der Waals surface area contributed by atoms with Crippen molar-refractivity contribution in [2.45, 2.75) is 103 Å². The molecule has 3 unspecified atom stereocenters. The number of piperidine rings is 1. The van der Waals surface area contributed by atoms with Crippen LogP contribution in [0, 0.1) is 30.6 Å². The number of methoxy groups -OCH3 is 1. The zero-order valence-electron chi connectivity index (χ0n) is 35.7. The van der Waals surface area contributed by atoms with Gasteiger partial charge in [-0.1, -0.05) is 31.0 Å². The molecule has 15 heteroatoms. The molecule has 7 rings (SSSR count). The van der Waals surface area contributed by atoms with Crippen molar-refractivity contribution in [2.75, 3.05) is 44.5 Å². The normalized spacial score (nSPS) is 18.7. The van der Waals surface area contributed by atoms with E-state index in [9.17, 15) is 30.5 Å². The number of nitrogens with zero attached hydrogens (tertiary/aromatic N) is 5. The summed E-state index contributed by atoms with van der Waals surface area (Å²) in [5, 5.41) is 63.4. The van der Waals surface area contributed by atoms with Crippen LogP contribution in [0.5, 0.6) is 23.3 Å². The van der Waals surface area contributed by atoms with Gasteiger partial charge in [0.25, 0.3) is 0 Å². The van der Waals surface area contributed by atoms with Crippen LogP contribution >= 0.6 is 0 Å². The van der Waals surface area contributed by atoms with Crippen molar-refractivity contribution >= 4 is 39.1 Å². The van der Waals surface area contributed by atoms with Gasteiger partial charge >= 0.3 is 0 Å². The number of carbonyl (C=O) groups excluding carboxylic acids is 1. The largest absolute Gasteiger partial charge is 0.494 e. The summed E-state index contributed by atoms with van der Waals surface area (Å²) in [5.41, 5.74) is 3.85. The molecule has 4 atom stereocenters. The van der Waals surface area contributed by atoms with Crippen molar-refractivity contribution in [1.29, 1.82) is 5.26 Å². The van der Waals surface area contributed by atoms with Crippen LogP contribution in [0.2, 0.25) is 0 Å². The maximum absolute atomic E-state index is 13.2. The Labute approximate surface area is 356 Å². The number of rotatable bonds is 18. The Morgan fingerprint density at radius 2 is 1.80 bits per heavy atom. The Morgan fingerprint density at radius 3 is 2.54 bits per heavy atom. The lowest BCUT2D eigenvalue weighted by Crippen LogP contribution is -2.47. The monoisotopic (exact) mass is 834 g/mol. The molecule has 5 aromatic rings. The number of aliphatic hydroxyl groups excluding tert-OH is 2.